The van der Waals surface area contributed by atoms with Gasteiger partial charge < -0.3 is 10.6 Å². The molecule has 2 rings (SSSR count). The van der Waals surface area contributed by atoms with E-state index in [9.17, 15) is 9.18 Å². The van der Waals surface area contributed by atoms with E-state index in [-0.39, 0.29) is 11.5 Å². The summed E-state index contributed by atoms with van der Waals surface area (Å²) in [4.78, 5) is 14.0. The third kappa shape index (κ3) is 2.91. The zero-order valence-electron chi connectivity index (χ0n) is 9.49. The van der Waals surface area contributed by atoms with E-state index in [1.807, 2.05) is 11.8 Å². The molecule has 2 N–H and O–H groups in total. The van der Waals surface area contributed by atoms with Crippen LogP contribution in [0.5, 0.6) is 0 Å². The molecular weight excluding hydrogens is 239 g/mol. The lowest BCUT2D eigenvalue weighted by molar-refractivity contribution is 0.0769. The highest BCUT2D eigenvalue weighted by Crippen LogP contribution is 2.18. The summed E-state index contributed by atoms with van der Waals surface area (Å²) < 4.78 is 13.1. The van der Waals surface area contributed by atoms with E-state index in [2.05, 4.69) is 0 Å². The topological polar surface area (TPSA) is 46.3 Å². The van der Waals surface area contributed by atoms with Crippen LogP contribution in [0.4, 0.5) is 10.1 Å². The van der Waals surface area contributed by atoms with Gasteiger partial charge in [-0.3, -0.25) is 4.79 Å². The second kappa shape index (κ2) is 5.40. The second-order valence-electron chi connectivity index (χ2n) is 3.99. The summed E-state index contributed by atoms with van der Waals surface area (Å²) in [6, 6.07) is 3.93. The van der Waals surface area contributed by atoms with Gasteiger partial charge in [0, 0.05) is 24.5 Å². The third-order valence-corrected chi connectivity index (χ3v) is 3.80. The molecule has 1 saturated heterocycles. The molecule has 1 aliphatic rings. The Bertz CT molecular complexity index is 417. The van der Waals surface area contributed by atoms with E-state index in [1.54, 1.807) is 4.90 Å². The SMILES string of the molecule is Nc1ccc(F)cc1C(=O)N1CCCSCC1. The molecule has 1 aromatic rings. The van der Waals surface area contributed by atoms with Crippen molar-refractivity contribution >= 4 is 23.4 Å². The maximum Gasteiger partial charge on any atom is 0.256 e. The number of hydrogen-bond acceptors (Lipinski definition) is 3. The largest absolute Gasteiger partial charge is 0.398 e. The molecule has 0 aromatic heterocycles. The Labute approximate surface area is 104 Å². The first-order chi connectivity index (χ1) is 8.18. The lowest BCUT2D eigenvalue weighted by Gasteiger charge is -2.20. The molecule has 3 nitrogen and oxygen atoms in total. The van der Waals surface area contributed by atoms with Crippen LogP contribution in [-0.4, -0.2) is 35.4 Å². The Balaban J connectivity index is 2.20. The van der Waals surface area contributed by atoms with Crippen molar-refractivity contribution < 1.29 is 9.18 Å². The predicted molar refractivity (Wildman–Crippen MR) is 68.7 cm³/mol. The highest BCUT2D eigenvalue weighted by atomic mass is 32.2. The molecule has 1 fully saturated rings. The van der Waals surface area contributed by atoms with E-state index in [0.717, 1.165) is 24.5 Å². The number of benzene rings is 1. The number of nitrogens with two attached hydrogens (primary N) is 1. The van der Waals surface area contributed by atoms with Crippen LogP contribution in [0.2, 0.25) is 0 Å². The van der Waals surface area contributed by atoms with Crippen molar-refractivity contribution in [2.24, 2.45) is 0 Å². The molecule has 0 aliphatic carbocycles. The van der Waals surface area contributed by atoms with Gasteiger partial charge in [0.15, 0.2) is 0 Å². The predicted octanol–water partition coefficient (Wildman–Crippen LogP) is 1.99. The summed E-state index contributed by atoms with van der Waals surface area (Å²) in [5.74, 6) is 1.42. The average molecular weight is 254 g/mol. The molecule has 17 heavy (non-hydrogen) atoms. The van der Waals surface area contributed by atoms with Crippen molar-refractivity contribution in [3.8, 4) is 0 Å². The molecule has 1 heterocycles. The monoisotopic (exact) mass is 254 g/mol. The molecular formula is C12H15FN2OS. The number of carbonyl (C=O) groups is 1. The fourth-order valence-electron chi connectivity index (χ4n) is 1.83. The highest BCUT2D eigenvalue weighted by molar-refractivity contribution is 7.99. The number of hydrogen-bond donors (Lipinski definition) is 1. The standard InChI is InChI=1S/C12H15FN2OS/c13-9-2-3-11(14)10(8-9)12(16)15-4-1-6-17-7-5-15/h2-3,8H,1,4-7,14H2. The van der Waals surface area contributed by atoms with E-state index in [4.69, 9.17) is 5.73 Å². The molecule has 0 saturated carbocycles. The van der Waals surface area contributed by atoms with Crippen molar-refractivity contribution in [3.05, 3.63) is 29.6 Å². The first kappa shape index (κ1) is 12.2. The van der Waals surface area contributed by atoms with Crippen LogP contribution >= 0.6 is 11.8 Å². The Morgan fingerprint density at radius 1 is 1.35 bits per heavy atom. The highest BCUT2D eigenvalue weighted by Gasteiger charge is 2.19. The number of halogens is 1. The van der Waals surface area contributed by atoms with Gasteiger partial charge in [0.25, 0.3) is 5.91 Å². The van der Waals surface area contributed by atoms with Gasteiger partial charge in [0.05, 0.1) is 5.56 Å². The van der Waals surface area contributed by atoms with Crippen LogP contribution in [-0.2, 0) is 0 Å². The molecule has 0 bridgehead atoms. The average Bonchev–Trinajstić information content (AvgIpc) is 2.60. The Morgan fingerprint density at radius 2 is 2.18 bits per heavy atom. The van der Waals surface area contributed by atoms with Gasteiger partial charge in [0.2, 0.25) is 0 Å². The molecule has 0 spiro atoms. The number of carbonyl (C=O) groups excluding carboxylic acids is 1. The molecule has 0 atom stereocenters. The maximum absolute atomic E-state index is 13.1. The summed E-state index contributed by atoms with van der Waals surface area (Å²) in [7, 11) is 0. The number of rotatable bonds is 1. The van der Waals surface area contributed by atoms with Crippen LogP contribution in [0.15, 0.2) is 18.2 Å². The minimum absolute atomic E-state index is 0.162. The number of nitrogens with zero attached hydrogens (tertiary/aromatic N) is 1. The first-order valence-corrected chi connectivity index (χ1v) is 6.76. The third-order valence-electron chi connectivity index (χ3n) is 2.76. The van der Waals surface area contributed by atoms with Gasteiger partial charge in [0.1, 0.15) is 5.82 Å². The normalized spacial score (nSPS) is 16.6. The minimum Gasteiger partial charge on any atom is -0.398 e. The summed E-state index contributed by atoms with van der Waals surface area (Å²) >= 11 is 1.84. The molecule has 5 heteroatoms. The maximum atomic E-state index is 13.1. The first-order valence-electron chi connectivity index (χ1n) is 5.60. The quantitative estimate of drug-likeness (QED) is 0.780. The Hall–Kier alpha value is -1.23. The van der Waals surface area contributed by atoms with Gasteiger partial charge in [-0.1, -0.05) is 0 Å². The van der Waals surface area contributed by atoms with Crippen molar-refractivity contribution in [3.63, 3.8) is 0 Å². The number of nitrogen functional groups attached to an aromatic ring is 1. The Morgan fingerprint density at radius 3 is 3.00 bits per heavy atom. The zero-order valence-corrected chi connectivity index (χ0v) is 10.3. The van der Waals surface area contributed by atoms with Crippen LogP contribution in [0, 0.1) is 5.82 Å². The van der Waals surface area contributed by atoms with Gasteiger partial charge in [-0.25, -0.2) is 4.39 Å². The summed E-state index contributed by atoms with van der Waals surface area (Å²) in [6.07, 6.45) is 0.978. The van der Waals surface area contributed by atoms with Crippen molar-refractivity contribution in [2.75, 3.05) is 30.3 Å². The van der Waals surface area contributed by atoms with Crippen molar-refractivity contribution in [2.45, 2.75) is 6.42 Å². The van der Waals surface area contributed by atoms with Crippen LogP contribution in [0.25, 0.3) is 0 Å². The van der Waals surface area contributed by atoms with E-state index in [0.29, 0.717) is 12.2 Å². The number of thioether (sulfide) groups is 1. The molecule has 1 aromatic carbocycles. The van der Waals surface area contributed by atoms with Crippen LogP contribution < -0.4 is 5.73 Å². The molecule has 1 amide bonds. The fraction of sp³-hybridized carbons (Fsp3) is 0.417. The fourth-order valence-corrected chi connectivity index (χ4v) is 2.72. The van der Waals surface area contributed by atoms with Crippen molar-refractivity contribution in [1.29, 1.82) is 0 Å². The molecule has 92 valence electrons. The zero-order chi connectivity index (χ0) is 12.3. The number of anilines is 1. The number of amides is 1. The van der Waals surface area contributed by atoms with Crippen molar-refractivity contribution in [1.82, 2.24) is 4.90 Å². The molecule has 1 aliphatic heterocycles. The van der Waals surface area contributed by atoms with Gasteiger partial charge in [-0.05, 0) is 30.4 Å². The molecule has 0 radical (unpaired) electrons. The smallest absolute Gasteiger partial charge is 0.256 e. The van der Waals surface area contributed by atoms with Gasteiger partial charge >= 0.3 is 0 Å². The van der Waals surface area contributed by atoms with Gasteiger partial charge in [-0.15, -0.1) is 0 Å². The lowest BCUT2D eigenvalue weighted by atomic mass is 10.1. The lowest BCUT2D eigenvalue weighted by Crippen LogP contribution is -2.33. The molecule has 0 unspecified atom stereocenters. The van der Waals surface area contributed by atoms with Crippen LogP contribution in [0.3, 0.4) is 0 Å². The summed E-state index contributed by atoms with van der Waals surface area (Å²) in [5.41, 5.74) is 6.33. The second-order valence-corrected chi connectivity index (χ2v) is 5.21. The summed E-state index contributed by atoms with van der Waals surface area (Å²) in [5, 5.41) is 0. The van der Waals surface area contributed by atoms with E-state index >= 15 is 0 Å². The minimum atomic E-state index is -0.424. The van der Waals surface area contributed by atoms with E-state index < -0.39 is 5.82 Å². The Kier molecular flexibility index (Phi) is 3.89. The summed E-state index contributed by atoms with van der Waals surface area (Å²) in [6.45, 7) is 1.43. The van der Waals surface area contributed by atoms with Crippen LogP contribution in [0.1, 0.15) is 16.8 Å². The van der Waals surface area contributed by atoms with E-state index in [1.165, 1.54) is 18.2 Å². The van der Waals surface area contributed by atoms with Gasteiger partial charge in [-0.2, -0.15) is 11.8 Å².